The molecule has 3 heterocycles. The summed E-state index contributed by atoms with van der Waals surface area (Å²) in [6.45, 7) is 6.08. The van der Waals surface area contributed by atoms with Gasteiger partial charge in [0.05, 0.1) is 5.56 Å². The number of rotatable bonds is 4. The van der Waals surface area contributed by atoms with E-state index < -0.39 is 0 Å². The van der Waals surface area contributed by atoms with Gasteiger partial charge in [-0.2, -0.15) is 0 Å². The third kappa shape index (κ3) is 2.69. The van der Waals surface area contributed by atoms with Crippen molar-refractivity contribution in [2.45, 2.75) is 27.2 Å². The average molecular weight is 332 g/mol. The number of carbonyl (C=O) groups is 1. The Morgan fingerprint density at radius 1 is 1.23 bits per heavy atom. The Morgan fingerprint density at radius 2 is 1.95 bits per heavy atom. The third-order valence-electron chi connectivity index (χ3n) is 3.35. The number of nitrogens with zero attached hydrogens (tertiary/aromatic N) is 3. The Balaban J connectivity index is 1.90. The van der Waals surface area contributed by atoms with Gasteiger partial charge < -0.3 is 4.57 Å². The van der Waals surface area contributed by atoms with Crippen LogP contribution >= 0.6 is 22.7 Å². The van der Waals surface area contributed by atoms with Crippen LogP contribution in [0.4, 0.5) is 5.13 Å². The number of nitrogens with one attached hydrogen (secondary N) is 1. The minimum Gasteiger partial charge on any atom is -0.309 e. The molecule has 0 aliphatic heterocycles. The highest BCUT2D eigenvalue weighted by Crippen LogP contribution is 2.27. The molecule has 0 radical (unpaired) electrons. The number of anilines is 1. The SMILES string of the molecule is CCc1nnc(NC(=O)c2ccsc2-n2c(C)ccc2C)s1. The molecule has 0 spiro atoms. The van der Waals surface area contributed by atoms with Gasteiger partial charge in [0.2, 0.25) is 5.13 Å². The Kier molecular flexibility index (Phi) is 4.08. The summed E-state index contributed by atoms with van der Waals surface area (Å²) in [5.74, 6) is -0.150. The van der Waals surface area contributed by atoms with E-state index in [1.807, 2.05) is 32.2 Å². The van der Waals surface area contributed by atoms with E-state index >= 15 is 0 Å². The van der Waals surface area contributed by atoms with Crippen molar-refractivity contribution in [3.63, 3.8) is 0 Å². The summed E-state index contributed by atoms with van der Waals surface area (Å²) >= 11 is 2.96. The summed E-state index contributed by atoms with van der Waals surface area (Å²) in [5.41, 5.74) is 2.87. The maximum absolute atomic E-state index is 12.5. The van der Waals surface area contributed by atoms with Gasteiger partial charge in [-0.3, -0.25) is 10.1 Å². The van der Waals surface area contributed by atoms with Gasteiger partial charge in [0.1, 0.15) is 10.0 Å². The number of aromatic nitrogens is 3. The zero-order valence-corrected chi connectivity index (χ0v) is 14.2. The second-order valence-corrected chi connectivity index (χ2v) is 6.86. The molecule has 0 bridgehead atoms. The van der Waals surface area contributed by atoms with Crippen LogP contribution in [0.5, 0.6) is 0 Å². The molecule has 22 heavy (non-hydrogen) atoms. The largest absolute Gasteiger partial charge is 0.309 e. The van der Waals surface area contributed by atoms with Crippen molar-refractivity contribution in [3.8, 4) is 5.00 Å². The molecule has 0 saturated carbocycles. The van der Waals surface area contributed by atoms with E-state index in [-0.39, 0.29) is 5.91 Å². The molecule has 3 aromatic rings. The number of carbonyl (C=O) groups excluding carboxylic acids is 1. The van der Waals surface area contributed by atoms with E-state index in [9.17, 15) is 4.79 Å². The van der Waals surface area contributed by atoms with Crippen LogP contribution in [0.2, 0.25) is 0 Å². The second-order valence-electron chi connectivity index (χ2n) is 4.90. The molecule has 0 aromatic carbocycles. The van der Waals surface area contributed by atoms with Crippen LogP contribution in [0.1, 0.15) is 33.7 Å². The quantitative estimate of drug-likeness (QED) is 0.790. The minimum absolute atomic E-state index is 0.150. The van der Waals surface area contributed by atoms with Gasteiger partial charge in [-0.1, -0.05) is 18.3 Å². The molecule has 0 fully saturated rings. The van der Waals surface area contributed by atoms with Crippen molar-refractivity contribution >= 4 is 33.7 Å². The molecule has 5 nitrogen and oxygen atoms in total. The molecule has 114 valence electrons. The fraction of sp³-hybridized carbons (Fsp3) is 0.267. The third-order valence-corrected chi connectivity index (χ3v) is 5.23. The van der Waals surface area contributed by atoms with Gasteiger partial charge in [0.15, 0.2) is 0 Å². The van der Waals surface area contributed by atoms with Crippen LogP contribution in [0.25, 0.3) is 5.00 Å². The van der Waals surface area contributed by atoms with Gasteiger partial charge in [-0.15, -0.1) is 21.5 Å². The first-order valence-corrected chi connectivity index (χ1v) is 8.66. The highest BCUT2D eigenvalue weighted by atomic mass is 32.1. The lowest BCUT2D eigenvalue weighted by molar-refractivity contribution is 0.102. The molecular formula is C15H16N4OS2. The predicted octanol–water partition coefficient (Wildman–Crippen LogP) is 3.82. The highest BCUT2D eigenvalue weighted by Gasteiger charge is 2.18. The first-order valence-electron chi connectivity index (χ1n) is 6.96. The Labute approximate surface area is 136 Å². The predicted molar refractivity (Wildman–Crippen MR) is 90.4 cm³/mol. The van der Waals surface area contributed by atoms with Crippen LogP contribution in [0.15, 0.2) is 23.6 Å². The normalized spacial score (nSPS) is 10.9. The van der Waals surface area contributed by atoms with Gasteiger partial charge in [-0.25, -0.2) is 0 Å². The Bertz CT molecular complexity index is 796. The number of aryl methyl sites for hydroxylation is 3. The van der Waals surface area contributed by atoms with Crippen LogP contribution in [0, 0.1) is 13.8 Å². The summed E-state index contributed by atoms with van der Waals surface area (Å²) in [6.07, 6.45) is 0.818. The molecular weight excluding hydrogens is 316 g/mol. The van der Waals surface area contributed by atoms with E-state index in [4.69, 9.17) is 0 Å². The molecule has 1 amide bonds. The topological polar surface area (TPSA) is 59.8 Å². The molecule has 3 rings (SSSR count). The standard InChI is InChI=1S/C15H16N4OS2/c1-4-12-17-18-15(22-12)16-13(20)11-7-8-21-14(11)19-9(2)5-6-10(19)3/h5-8H,4H2,1-3H3,(H,16,18,20). The fourth-order valence-corrected chi connectivity index (χ4v) is 3.94. The van der Waals surface area contributed by atoms with Crippen LogP contribution < -0.4 is 5.32 Å². The van der Waals surface area contributed by atoms with Gasteiger partial charge in [0, 0.05) is 11.4 Å². The lowest BCUT2D eigenvalue weighted by Gasteiger charge is -2.09. The monoisotopic (exact) mass is 332 g/mol. The molecule has 0 unspecified atom stereocenters. The number of amides is 1. The van der Waals surface area contributed by atoms with Gasteiger partial charge in [-0.05, 0) is 43.8 Å². The van der Waals surface area contributed by atoms with Crippen molar-refractivity contribution in [1.82, 2.24) is 14.8 Å². The van der Waals surface area contributed by atoms with Crippen molar-refractivity contribution in [2.24, 2.45) is 0 Å². The first-order chi connectivity index (χ1) is 10.6. The van der Waals surface area contributed by atoms with E-state index in [2.05, 4.69) is 32.2 Å². The van der Waals surface area contributed by atoms with E-state index in [1.165, 1.54) is 11.3 Å². The maximum Gasteiger partial charge on any atom is 0.260 e. The zero-order valence-electron chi connectivity index (χ0n) is 12.6. The van der Waals surface area contributed by atoms with Gasteiger partial charge >= 0.3 is 0 Å². The summed E-state index contributed by atoms with van der Waals surface area (Å²) in [7, 11) is 0. The van der Waals surface area contributed by atoms with E-state index in [1.54, 1.807) is 11.3 Å². The van der Waals surface area contributed by atoms with Crippen LogP contribution in [-0.2, 0) is 6.42 Å². The molecule has 7 heteroatoms. The average Bonchev–Trinajstić information content (AvgIpc) is 3.19. The number of thiophene rings is 1. The lowest BCUT2D eigenvalue weighted by Crippen LogP contribution is -2.14. The van der Waals surface area contributed by atoms with E-state index in [0.29, 0.717) is 10.7 Å². The zero-order chi connectivity index (χ0) is 15.7. The Hall–Kier alpha value is -1.99. The fourth-order valence-electron chi connectivity index (χ4n) is 2.25. The highest BCUT2D eigenvalue weighted by molar-refractivity contribution is 7.15. The number of hydrogen-bond acceptors (Lipinski definition) is 5. The smallest absolute Gasteiger partial charge is 0.260 e. The maximum atomic E-state index is 12.5. The van der Waals surface area contributed by atoms with Crippen LogP contribution in [0.3, 0.4) is 0 Å². The summed E-state index contributed by atoms with van der Waals surface area (Å²) in [5, 5.41) is 15.2. The number of hydrogen-bond donors (Lipinski definition) is 1. The molecule has 0 atom stereocenters. The van der Waals surface area contributed by atoms with Gasteiger partial charge in [0.25, 0.3) is 5.91 Å². The van der Waals surface area contributed by atoms with Crippen molar-refractivity contribution < 1.29 is 4.79 Å². The molecule has 0 saturated heterocycles. The molecule has 0 aliphatic rings. The summed E-state index contributed by atoms with van der Waals surface area (Å²) in [6, 6.07) is 5.94. The Morgan fingerprint density at radius 3 is 2.59 bits per heavy atom. The van der Waals surface area contributed by atoms with Crippen molar-refractivity contribution in [1.29, 1.82) is 0 Å². The van der Waals surface area contributed by atoms with Crippen molar-refractivity contribution in [2.75, 3.05) is 5.32 Å². The second kappa shape index (κ2) is 6.02. The molecule has 3 aromatic heterocycles. The minimum atomic E-state index is -0.150. The van der Waals surface area contributed by atoms with Crippen molar-refractivity contribution in [3.05, 3.63) is 45.5 Å². The summed E-state index contributed by atoms with van der Waals surface area (Å²) in [4.78, 5) is 12.5. The molecule has 0 aliphatic carbocycles. The van der Waals surface area contributed by atoms with E-state index in [0.717, 1.165) is 27.8 Å². The summed E-state index contributed by atoms with van der Waals surface area (Å²) < 4.78 is 2.09. The molecule has 1 N–H and O–H groups in total. The first kappa shape index (κ1) is 14.9. The lowest BCUT2D eigenvalue weighted by atomic mass is 10.3. The van der Waals surface area contributed by atoms with Crippen LogP contribution in [-0.4, -0.2) is 20.7 Å².